The van der Waals surface area contributed by atoms with Crippen molar-refractivity contribution in [2.45, 2.75) is 12.5 Å². The lowest BCUT2D eigenvalue weighted by molar-refractivity contribution is -0.139. The van der Waals surface area contributed by atoms with E-state index < -0.39 is 29.2 Å². The third-order valence-corrected chi connectivity index (χ3v) is 6.25. The summed E-state index contributed by atoms with van der Waals surface area (Å²) < 4.78 is 6.36. The van der Waals surface area contributed by atoms with Crippen molar-refractivity contribution in [2.24, 2.45) is 0 Å². The molecule has 2 aromatic heterocycles. The molecule has 0 aliphatic heterocycles. The van der Waals surface area contributed by atoms with Gasteiger partial charge in [-0.15, -0.1) is 0 Å². The van der Waals surface area contributed by atoms with E-state index in [2.05, 4.69) is 15.3 Å². The molecule has 0 aliphatic rings. The molecule has 1 atom stereocenters. The summed E-state index contributed by atoms with van der Waals surface area (Å²) in [5, 5.41) is 13.3. The summed E-state index contributed by atoms with van der Waals surface area (Å²) in [6, 6.07) is 16.8. The van der Waals surface area contributed by atoms with Gasteiger partial charge in [-0.1, -0.05) is 24.3 Å². The van der Waals surface area contributed by atoms with E-state index in [4.69, 9.17) is 10.5 Å². The summed E-state index contributed by atoms with van der Waals surface area (Å²) in [7, 11) is 1.43. The van der Waals surface area contributed by atoms with Gasteiger partial charge in [0.25, 0.3) is 11.5 Å². The second kappa shape index (κ2) is 9.62. The van der Waals surface area contributed by atoms with Crippen molar-refractivity contribution >= 4 is 39.4 Å². The topological polar surface area (TPSA) is 172 Å². The molecule has 0 bridgehead atoms. The fourth-order valence-electron chi connectivity index (χ4n) is 4.40. The maximum atomic E-state index is 13.0. The molecule has 0 spiro atoms. The number of hydrogen-bond donors (Lipinski definition) is 5. The number of amides is 1. The Bertz CT molecular complexity index is 1820. The summed E-state index contributed by atoms with van der Waals surface area (Å²) in [5.41, 5.74) is 7.05. The van der Waals surface area contributed by atoms with Crippen molar-refractivity contribution in [2.75, 3.05) is 12.8 Å². The van der Waals surface area contributed by atoms with Gasteiger partial charge in [0.2, 0.25) is 0 Å². The number of carbonyl (C=O) groups is 2. The van der Waals surface area contributed by atoms with Gasteiger partial charge in [0, 0.05) is 23.0 Å². The maximum Gasteiger partial charge on any atom is 0.333 e. The van der Waals surface area contributed by atoms with Gasteiger partial charge in [-0.2, -0.15) is 0 Å². The minimum absolute atomic E-state index is 0.0383. The number of aromatic nitrogens is 3. The molecule has 38 heavy (non-hydrogen) atoms. The molecular weight excluding hydrogens is 490 g/mol. The number of para-hydroxylation sites is 1. The van der Waals surface area contributed by atoms with E-state index in [1.807, 2.05) is 0 Å². The minimum atomic E-state index is -1.25. The lowest BCUT2D eigenvalue weighted by Gasteiger charge is -2.15. The summed E-state index contributed by atoms with van der Waals surface area (Å²) >= 11 is 0. The Labute approximate surface area is 214 Å². The molecule has 2 heterocycles. The van der Waals surface area contributed by atoms with Gasteiger partial charge in [-0.25, -0.2) is 14.2 Å². The number of carboxylic acid groups (broad SMARTS) is 1. The zero-order chi connectivity index (χ0) is 27.0. The number of nitrogen functional groups attached to an aromatic ring is 1. The first kappa shape index (κ1) is 24.4. The molecule has 11 heteroatoms. The summed E-state index contributed by atoms with van der Waals surface area (Å²) in [5.74, 6) is -1.53. The van der Waals surface area contributed by atoms with Gasteiger partial charge in [-0.3, -0.25) is 9.59 Å². The summed E-state index contributed by atoms with van der Waals surface area (Å²) in [6.07, 6.45) is -0.0383. The Balaban J connectivity index is 1.40. The van der Waals surface area contributed by atoms with Crippen molar-refractivity contribution in [3.8, 4) is 11.4 Å². The van der Waals surface area contributed by atoms with Gasteiger partial charge >= 0.3 is 11.7 Å². The molecule has 1 amide bonds. The van der Waals surface area contributed by atoms with Crippen LogP contribution in [0.15, 0.2) is 76.3 Å². The molecule has 3 aromatic carbocycles. The predicted molar refractivity (Wildman–Crippen MR) is 142 cm³/mol. The van der Waals surface area contributed by atoms with Gasteiger partial charge in [0.1, 0.15) is 11.7 Å². The molecule has 0 unspecified atom stereocenters. The number of rotatable bonds is 7. The Hall–Kier alpha value is -5.32. The third-order valence-electron chi connectivity index (χ3n) is 6.25. The van der Waals surface area contributed by atoms with E-state index in [0.717, 1.165) is 4.57 Å². The van der Waals surface area contributed by atoms with Crippen molar-refractivity contribution in [3.05, 3.63) is 98.8 Å². The summed E-state index contributed by atoms with van der Waals surface area (Å²) in [4.78, 5) is 56.1. The van der Waals surface area contributed by atoms with Gasteiger partial charge < -0.3 is 30.9 Å². The fraction of sp³-hybridized carbons (Fsp3) is 0.111. The lowest BCUT2D eigenvalue weighted by Crippen LogP contribution is -2.42. The lowest BCUT2D eigenvalue weighted by atomic mass is 10.1. The molecular formula is C27H23N5O6. The number of nitrogens with two attached hydrogens (primary N) is 1. The highest BCUT2D eigenvalue weighted by Gasteiger charge is 2.25. The average Bonchev–Trinajstić information content (AvgIpc) is 3.28. The highest BCUT2D eigenvalue weighted by molar-refractivity contribution is 6.04. The molecule has 0 saturated heterocycles. The van der Waals surface area contributed by atoms with Crippen LogP contribution in [0.25, 0.3) is 27.5 Å². The smallest absolute Gasteiger partial charge is 0.333 e. The number of aliphatic carboxylic acids is 1. The van der Waals surface area contributed by atoms with Gasteiger partial charge in [0.15, 0.2) is 5.75 Å². The van der Waals surface area contributed by atoms with E-state index >= 15 is 0 Å². The zero-order valence-corrected chi connectivity index (χ0v) is 20.1. The van der Waals surface area contributed by atoms with Crippen molar-refractivity contribution in [1.82, 2.24) is 19.9 Å². The van der Waals surface area contributed by atoms with E-state index in [1.165, 1.54) is 25.3 Å². The molecule has 11 nitrogen and oxygen atoms in total. The van der Waals surface area contributed by atoms with Gasteiger partial charge in [-0.05, 0) is 48.0 Å². The number of fused-ring (bicyclic) bond motifs is 2. The number of carbonyl (C=O) groups excluding carboxylic acids is 1. The number of ether oxygens (including phenoxy) is 1. The van der Waals surface area contributed by atoms with E-state index in [9.17, 15) is 24.3 Å². The van der Waals surface area contributed by atoms with Crippen LogP contribution in [0.5, 0.6) is 5.75 Å². The van der Waals surface area contributed by atoms with Crippen LogP contribution >= 0.6 is 0 Å². The van der Waals surface area contributed by atoms with Crippen LogP contribution in [0.4, 0.5) is 5.69 Å². The molecule has 192 valence electrons. The number of benzene rings is 3. The van der Waals surface area contributed by atoms with E-state index in [0.29, 0.717) is 39.1 Å². The fourth-order valence-corrected chi connectivity index (χ4v) is 4.40. The Morgan fingerprint density at radius 3 is 2.42 bits per heavy atom. The monoisotopic (exact) mass is 513 g/mol. The first-order valence-electron chi connectivity index (χ1n) is 11.6. The maximum absolute atomic E-state index is 13.0. The molecule has 0 radical (unpaired) electrons. The standard InChI is InChI=1S/C27H23N5O6/c1-38-23-17-4-2-3-5-19(17)29-22(23)24(33)30-21(26(35)36)12-14-6-9-16(10-7-14)32-25(34)18-13-15(28)8-11-20(18)31-27(32)37/h2-11,13,21,29H,12,28H2,1H3,(H,30,33)(H,31,37)(H,35,36)/t21-/m0/s1. The molecule has 5 rings (SSSR count). The predicted octanol–water partition coefficient (Wildman–Crippen LogP) is 2.18. The quantitative estimate of drug-likeness (QED) is 0.207. The van der Waals surface area contributed by atoms with Crippen molar-refractivity contribution < 1.29 is 19.4 Å². The molecule has 0 aliphatic carbocycles. The van der Waals surface area contributed by atoms with Crippen LogP contribution in [0.3, 0.4) is 0 Å². The molecule has 0 fully saturated rings. The van der Waals surface area contributed by atoms with Crippen LogP contribution in [0, 0.1) is 0 Å². The van der Waals surface area contributed by atoms with Crippen LogP contribution in [0.1, 0.15) is 16.1 Å². The molecule has 5 aromatic rings. The Kier molecular flexibility index (Phi) is 6.17. The largest absolute Gasteiger partial charge is 0.494 e. The molecule has 6 N–H and O–H groups in total. The SMILES string of the molecule is COc1c(C(=O)N[C@@H](Cc2ccc(-n3c(=O)[nH]c4ccc(N)cc4c3=O)cc2)C(=O)O)[nH]c2ccccc12. The normalized spacial score (nSPS) is 11.9. The Morgan fingerprint density at radius 1 is 1.00 bits per heavy atom. The molecule has 0 saturated carbocycles. The second-order valence-corrected chi connectivity index (χ2v) is 8.69. The number of carboxylic acids is 1. The average molecular weight is 514 g/mol. The number of nitrogens with one attached hydrogen (secondary N) is 3. The number of hydrogen-bond acceptors (Lipinski definition) is 6. The number of methoxy groups -OCH3 is 1. The van der Waals surface area contributed by atoms with Crippen LogP contribution in [0.2, 0.25) is 0 Å². The van der Waals surface area contributed by atoms with Gasteiger partial charge in [0.05, 0.1) is 23.7 Å². The Morgan fingerprint density at radius 2 is 1.71 bits per heavy atom. The zero-order valence-electron chi connectivity index (χ0n) is 20.1. The van der Waals surface area contributed by atoms with E-state index in [1.54, 1.807) is 48.5 Å². The first-order chi connectivity index (χ1) is 18.3. The second-order valence-electron chi connectivity index (χ2n) is 8.69. The minimum Gasteiger partial charge on any atom is -0.494 e. The highest BCUT2D eigenvalue weighted by Crippen LogP contribution is 2.29. The number of H-pyrrole nitrogens is 2. The van der Waals surface area contributed by atoms with Crippen LogP contribution < -0.4 is 27.0 Å². The van der Waals surface area contributed by atoms with E-state index in [-0.39, 0.29) is 17.5 Å². The number of aromatic amines is 2. The first-order valence-corrected chi connectivity index (χ1v) is 11.6. The number of nitrogens with zero attached hydrogens (tertiary/aromatic N) is 1. The third kappa shape index (κ3) is 4.37. The highest BCUT2D eigenvalue weighted by atomic mass is 16.5. The number of anilines is 1. The van der Waals surface area contributed by atoms with Crippen molar-refractivity contribution in [3.63, 3.8) is 0 Å². The van der Waals surface area contributed by atoms with Crippen LogP contribution in [-0.4, -0.2) is 44.7 Å². The van der Waals surface area contributed by atoms with Crippen molar-refractivity contribution in [1.29, 1.82) is 0 Å². The van der Waals surface area contributed by atoms with Crippen LogP contribution in [-0.2, 0) is 11.2 Å². The summed E-state index contributed by atoms with van der Waals surface area (Å²) in [6.45, 7) is 0.